The van der Waals surface area contributed by atoms with E-state index in [9.17, 15) is 9.59 Å². The molecule has 0 radical (unpaired) electrons. The fourth-order valence-electron chi connectivity index (χ4n) is 5.32. The minimum atomic E-state index is 0.307. The molecule has 2 fully saturated rings. The van der Waals surface area contributed by atoms with E-state index in [1.165, 1.54) is 77.0 Å². The Bertz CT molecular complexity index is 462. The van der Waals surface area contributed by atoms with Gasteiger partial charge < -0.3 is 0 Å². The van der Waals surface area contributed by atoms with Crippen molar-refractivity contribution in [3.8, 4) is 0 Å². The van der Waals surface area contributed by atoms with Gasteiger partial charge in [-0.1, -0.05) is 119 Å². The minimum absolute atomic E-state index is 0.307. The first-order chi connectivity index (χ1) is 17.0. The lowest BCUT2D eigenvalue weighted by Crippen LogP contribution is -2.13. The molecule has 0 saturated heterocycles. The molecule has 0 aliphatic heterocycles. The van der Waals surface area contributed by atoms with E-state index in [4.69, 9.17) is 0 Å². The number of thioether (sulfide) groups is 1. The summed E-state index contributed by atoms with van der Waals surface area (Å²) in [6.45, 7) is 14.4. The predicted octanol–water partition coefficient (Wildman–Crippen LogP) is 10.7. The van der Waals surface area contributed by atoms with Crippen LogP contribution in [0, 0.1) is 23.7 Å². The Morgan fingerprint density at radius 1 is 0.771 bits per heavy atom. The molecule has 0 bridgehead atoms. The summed E-state index contributed by atoms with van der Waals surface area (Å²) in [7, 11) is 0. The van der Waals surface area contributed by atoms with Crippen molar-refractivity contribution in [3.05, 3.63) is 0 Å². The van der Waals surface area contributed by atoms with Crippen LogP contribution in [0.15, 0.2) is 0 Å². The lowest BCUT2D eigenvalue weighted by atomic mass is 9.83. The second-order valence-electron chi connectivity index (χ2n) is 10.4. The van der Waals surface area contributed by atoms with E-state index in [2.05, 4.69) is 20.1 Å². The fraction of sp³-hybridized carbons (Fsp3) is 0.938. The molecule has 2 nitrogen and oxygen atoms in total. The number of ketones is 2. The van der Waals surface area contributed by atoms with Gasteiger partial charge in [-0.3, -0.25) is 9.59 Å². The van der Waals surface area contributed by atoms with Gasteiger partial charge in [0.25, 0.3) is 0 Å². The Morgan fingerprint density at radius 3 is 1.80 bits per heavy atom. The van der Waals surface area contributed by atoms with Crippen LogP contribution in [-0.2, 0) is 9.59 Å². The van der Waals surface area contributed by atoms with E-state index in [0.717, 1.165) is 49.2 Å². The molecule has 0 heterocycles. The zero-order chi connectivity index (χ0) is 26.9. The van der Waals surface area contributed by atoms with Crippen LogP contribution >= 0.6 is 11.8 Å². The Morgan fingerprint density at radius 2 is 1.29 bits per heavy atom. The fourth-order valence-corrected chi connectivity index (χ4v) is 5.75. The van der Waals surface area contributed by atoms with Crippen LogP contribution in [0.3, 0.4) is 0 Å². The lowest BCUT2D eigenvalue weighted by molar-refractivity contribution is -0.122. The van der Waals surface area contributed by atoms with Gasteiger partial charge in [0.2, 0.25) is 0 Å². The molecule has 2 atom stereocenters. The van der Waals surface area contributed by atoms with Gasteiger partial charge in [0, 0.05) is 25.2 Å². The zero-order valence-electron chi connectivity index (χ0n) is 25.3. The van der Waals surface area contributed by atoms with Crippen molar-refractivity contribution >= 4 is 23.3 Å². The Balaban J connectivity index is 0. The summed E-state index contributed by atoms with van der Waals surface area (Å²) in [6, 6.07) is 0. The van der Waals surface area contributed by atoms with Crippen molar-refractivity contribution in [1.82, 2.24) is 0 Å². The van der Waals surface area contributed by atoms with Crippen LogP contribution in [0.25, 0.3) is 0 Å². The summed E-state index contributed by atoms with van der Waals surface area (Å²) in [6.07, 6.45) is 23.5. The number of hydrogen-bond donors (Lipinski definition) is 0. The highest BCUT2D eigenvalue weighted by Gasteiger charge is 2.19. The first-order valence-corrected chi connectivity index (χ1v) is 16.9. The lowest BCUT2D eigenvalue weighted by Gasteiger charge is -2.22. The topological polar surface area (TPSA) is 34.1 Å². The minimum Gasteiger partial charge on any atom is -0.300 e. The Labute approximate surface area is 226 Å². The van der Waals surface area contributed by atoms with E-state index >= 15 is 0 Å². The molecule has 35 heavy (non-hydrogen) atoms. The number of carbonyl (C=O) groups excluding carboxylic acids is 2. The smallest absolute Gasteiger partial charge is 0.135 e. The average molecular weight is 513 g/mol. The maximum Gasteiger partial charge on any atom is 0.135 e. The molecule has 0 N–H and O–H groups in total. The highest BCUT2D eigenvalue weighted by atomic mass is 32.2. The van der Waals surface area contributed by atoms with E-state index in [-0.39, 0.29) is 0 Å². The third-order valence-electron chi connectivity index (χ3n) is 7.80. The van der Waals surface area contributed by atoms with E-state index < -0.39 is 0 Å². The molecule has 2 aliphatic rings. The monoisotopic (exact) mass is 512 g/mol. The predicted molar refractivity (Wildman–Crippen MR) is 161 cm³/mol. The summed E-state index contributed by atoms with van der Waals surface area (Å²) in [5.74, 6) is 4.80. The number of carbonyl (C=O) groups is 2. The molecule has 0 spiro atoms. The summed E-state index contributed by atoms with van der Waals surface area (Å²) in [5.41, 5.74) is 0. The molecule has 0 aromatic carbocycles. The van der Waals surface area contributed by atoms with Crippen molar-refractivity contribution in [1.29, 1.82) is 0 Å². The van der Waals surface area contributed by atoms with Crippen molar-refractivity contribution in [2.75, 3.05) is 12.0 Å². The molecule has 0 unspecified atom stereocenters. The van der Waals surface area contributed by atoms with Crippen molar-refractivity contribution < 1.29 is 9.59 Å². The van der Waals surface area contributed by atoms with Gasteiger partial charge in [-0.05, 0) is 49.0 Å². The van der Waals surface area contributed by atoms with Crippen molar-refractivity contribution in [3.63, 3.8) is 0 Å². The van der Waals surface area contributed by atoms with Gasteiger partial charge in [0.05, 0.1) is 0 Å². The number of Topliss-reactive ketones (excluding diaryl/α,β-unsaturated/α-hetero) is 2. The SMILES string of the molecule is CC.CC.CCC(=O)[C@H](C)CCC1CCCCC1.CSCCC(=O)CC[C@@H](C)C1CCCCCC1. The van der Waals surface area contributed by atoms with Gasteiger partial charge in [0.15, 0.2) is 0 Å². The Hall–Kier alpha value is -0.310. The molecule has 3 heteroatoms. The molecule has 0 aromatic heterocycles. The van der Waals surface area contributed by atoms with Crippen molar-refractivity contribution in [2.24, 2.45) is 23.7 Å². The third-order valence-corrected chi connectivity index (χ3v) is 8.41. The molecule has 2 rings (SSSR count). The third kappa shape index (κ3) is 20.4. The summed E-state index contributed by atoms with van der Waals surface area (Å²) in [4.78, 5) is 23.0. The molecular weight excluding hydrogens is 448 g/mol. The largest absolute Gasteiger partial charge is 0.300 e. The standard InChI is InChI=1S/C15H28OS.C13H24O.2C2H6/c1-13(9-10-15(16)11-12-17-2)14-7-5-3-4-6-8-14;1-3-13(14)11(2)9-10-12-7-5-4-6-8-12;2*1-2/h13-14H,3-12H2,1-2H3;11-12H,3-10H2,1-2H3;2*1-2H3/t13-;11-;;/m11../s1. The van der Waals surface area contributed by atoms with Gasteiger partial charge in [-0.25, -0.2) is 0 Å². The van der Waals surface area contributed by atoms with Crippen LogP contribution in [0.5, 0.6) is 0 Å². The molecule has 210 valence electrons. The Kier molecular flexibility index (Phi) is 28.2. The van der Waals surface area contributed by atoms with Crippen LogP contribution in [-0.4, -0.2) is 23.6 Å². The normalized spacial score (nSPS) is 18.3. The number of hydrogen-bond acceptors (Lipinski definition) is 3. The highest BCUT2D eigenvalue weighted by molar-refractivity contribution is 7.98. The first-order valence-electron chi connectivity index (χ1n) is 15.5. The van der Waals surface area contributed by atoms with Crippen molar-refractivity contribution in [2.45, 2.75) is 158 Å². The molecule has 2 saturated carbocycles. The van der Waals surface area contributed by atoms with Crippen LogP contribution in [0.1, 0.15) is 158 Å². The zero-order valence-corrected chi connectivity index (χ0v) is 26.1. The second-order valence-corrected chi connectivity index (χ2v) is 11.3. The van der Waals surface area contributed by atoms with Gasteiger partial charge in [-0.15, -0.1) is 0 Å². The molecule has 0 amide bonds. The summed E-state index contributed by atoms with van der Waals surface area (Å²) >= 11 is 1.77. The summed E-state index contributed by atoms with van der Waals surface area (Å²) < 4.78 is 0. The molecule has 0 aromatic rings. The number of rotatable bonds is 12. The van der Waals surface area contributed by atoms with Gasteiger partial charge in [-0.2, -0.15) is 11.8 Å². The quantitative estimate of drug-likeness (QED) is 0.244. The van der Waals surface area contributed by atoms with Gasteiger partial charge in [0.1, 0.15) is 11.6 Å². The van der Waals surface area contributed by atoms with Crippen LogP contribution in [0.2, 0.25) is 0 Å². The van der Waals surface area contributed by atoms with E-state index in [0.29, 0.717) is 23.9 Å². The van der Waals surface area contributed by atoms with E-state index in [1.807, 2.05) is 34.6 Å². The maximum atomic E-state index is 11.6. The highest BCUT2D eigenvalue weighted by Crippen LogP contribution is 2.31. The second kappa shape index (κ2) is 26.7. The van der Waals surface area contributed by atoms with Crippen LogP contribution < -0.4 is 0 Å². The summed E-state index contributed by atoms with van der Waals surface area (Å²) in [5, 5.41) is 0. The maximum absolute atomic E-state index is 11.6. The molecular formula is C32H64O2S. The average Bonchev–Trinajstić information content (AvgIpc) is 3.21. The van der Waals surface area contributed by atoms with Crippen LogP contribution in [0.4, 0.5) is 0 Å². The first kappa shape index (κ1) is 36.8. The molecule has 2 aliphatic carbocycles. The van der Waals surface area contributed by atoms with Gasteiger partial charge >= 0.3 is 0 Å². The van der Waals surface area contributed by atoms with E-state index in [1.54, 1.807) is 11.8 Å².